The molecule has 2 aromatic carbocycles. The van der Waals surface area contributed by atoms with Gasteiger partial charge in [-0.3, -0.25) is 4.79 Å². The maximum Gasteiger partial charge on any atom is 0.200 e. The number of rotatable bonds is 4. The lowest BCUT2D eigenvalue weighted by Gasteiger charge is -2.09. The van der Waals surface area contributed by atoms with E-state index in [0.717, 1.165) is 11.1 Å². The smallest absolute Gasteiger partial charge is 0.200 e. The summed E-state index contributed by atoms with van der Waals surface area (Å²) in [6, 6.07) is 12.9. The number of aryl methyl sites for hydroxylation is 2. The van der Waals surface area contributed by atoms with Gasteiger partial charge in [-0.2, -0.15) is 0 Å². The Morgan fingerprint density at radius 2 is 1.89 bits per heavy atom. The molecule has 0 N–H and O–H groups in total. The van der Waals surface area contributed by atoms with E-state index >= 15 is 0 Å². The van der Waals surface area contributed by atoms with Crippen molar-refractivity contribution in [3.05, 3.63) is 64.2 Å². The second-order valence-electron chi connectivity index (χ2n) is 4.46. The van der Waals surface area contributed by atoms with E-state index in [9.17, 15) is 4.79 Å². The Morgan fingerprint density at radius 3 is 2.63 bits per heavy atom. The highest BCUT2D eigenvalue weighted by Crippen LogP contribution is 2.23. The number of hydrogen-bond donors (Lipinski definition) is 0. The Labute approximate surface area is 118 Å². The molecule has 0 saturated carbocycles. The number of carbonyl (C=O) groups is 1. The normalized spacial score (nSPS) is 10.3. The number of benzene rings is 2. The molecule has 3 heteroatoms. The monoisotopic (exact) mass is 274 g/mol. The SMILES string of the molecule is Cc1ccc(C)c(C(=O)COc2ccccc2Cl)c1. The van der Waals surface area contributed by atoms with Crippen molar-refractivity contribution in [2.75, 3.05) is 6.61 Å². The minimum absolute atomic E-state index is 0.00593. The number of carbonyl (C=O) groups excluding carboxylic acids is 1. The lowest BCUT2D eigenvalue weighted by Crippen LogP contribution is -2.13. The van der Waals surface area contributed by atoms with Gasteiger partial charge in [-0.1, -0.05) is 41.4 Å². The standard InChI is InChI=1S/C16H15ClO2/c1-11-7-8-12(2)13(9-11)15(18)10-19-16-6-4-3-5-14(16)17/h3-9H,10H2,1-2H3. The highest BCUT2D eigenvalue weighted by molar-refractivity contribution is 6.32. The van der Waals surface area contributed by atoms with Gasteiger partial charge in [0.15, 0.2) is 12.4 Å². The number of halogens is 1. The van der Waals surface area contributed by atoms with Gasteiger partial charge in [-0.25, -0.2) is 0 Å². The van der Waals surface area contributed by atoms with Gasteiger partial charge in [0.1, 0.15) is 5.75 Å². The zero-order chi connectivity index (χ0) is 13.8. The largest absolute Gasteiger partial charge is 0.484 e. The summed E-state index contributed by atoms with van der Waals surface area (Å²) in [4.78, 5) is 12.1. The molecule has 0 amide bonds. The van der Waals surface area contributed by atoms with Gasteiger partial charge in [0, 0.05) is 5.56 Å². The fourth-order valence-corrected chi connectivity index (χ4v) is 2.01. The molecule has 2 aromatic rings. The Bertz CT molecular complexity index is 605. The van der Waals surface area contributed by atoms with Crippen LogP contribution < -0.4 is 4.74 Å². The van der Waals surface area contributed by atoms with Gasteiger partial charge in [0.2, 0.25) is 0 Å². The summed E-state index contributed by atoms with van der Waals surface area (Å²) >= 11 is 5.97. The zero-order valence-electron chi connectivity index (χ0n) is 10.9. The first-order valence-corrected chi connectivity index (χ1v) is 6.43. The second kappa shape index (κ2) is 5.89. The zero-order valence-corrected chi connectivity index (χ0v) is 11.7. The minimum Gasteiger partial charge on any atom is -0.484 e. The number of ether oxygens (including phenoxy) is 1. The maximum absolute atomic E-state index is 12.1. The molecule has 0 fully saturated rings. The number of Topliss-reactive ketones (excluding diaryl/α,β-unsaturated/α-hetero) is 1. The molecule has 0 unspecified atom stereocenters. The molecule has 0 atom stereocenters. The number of ketones is 1. The molecule has 0 aliphatic heterocycles. The van der Waals surface area contributed by atoms with Crippen molar-refractivity contribution in [3.63, 3.8) is 0 Å². The van der Waals surface area contributed by atoms with E-state index in [-0.39, 0.29) is 12.4 Å². The Kier molecular flexibility index (Phi) is 4.23. The highest BCUT2D eigenvalue weighted by Gasteiger charge is 2.11. The Hall–Kier alpha value is -1.80. The summed E-state index contributed by atoms with van der Waals surface area (Å²) in [5.41, 5.74) is 2.72. The quantitative estimate of drug-likeness (QED) is 0.781. The van der Waals surface area contributed by atoms with Crippen molar-refractivity contribution in [2.45, 2.75) is 13.8 Å². The van der Waals surface area contributed by atoms with E-state index in [4.69, 9.17) is 16.3 Å². The van der Waals surface area contributed by atoms with Crippen LogP contribution in [0.4, 0.5) is 0 Å². The van der Waals surface area contributed by atoms with Crippen LogP contribution in [0.25, 0.3) is 0 Å². The molecule has 19 heavy (non-hydrogen) atoms. The molecule has 0 aromatic heterocycles. The van der Waals surface area contributed by atoms with Crippen molar-refractivity contribution in [1.82, 2.24) is 0 Å². The van der Waals surface area contributed by atoms with E-state index < -0.39 is 0 Å². The van der Waals surface area contributed by atoms with Gasteiger partial charge in [-0.15, -0.1) is 0 Å². The van der Waals surface area contributed by atoms with Crippen LogP contribution in [-0.2, 0) is 0 Å². The number of para-hydroxylation sites is 1. The van der Waals surface area contributed by atoms with E-state index in [2.05, 4.69) is 0 Å². The molecule has 0 aliphatic carbocycles. The summed E-state index contributed by atoms with van der Waals surface area (Å²) in [5, 5.41) is 0.510. The molecule has 0 bridgehead atoms. The fraction of sp³-hybridized carbons (Fsp3) is 0.188. The maximum atomic E-state index is 12.1. The van der Waals surface area contributed by atoms with Crippen molar-refractivity contribution in [3.8, 4) is 5.75 Å². The molecular weight excluding hydrogens is 260 g/mol. The first-order valence-electron chi connectivity index (χ1n) is 6.05. The first kappa shape index (κ1) is 13.6. The van der Waals surface area contributed by atoms with Crippen LogP contribution in [0.1, 0.15) is 21.5 Å². The third-order valence-corrected chi connectivity index (χ3v) is 3.20. The van der Waals surface area contributed by atoms with Crippen LogP contribution in [0.15, 0.2) is 42.5 Å². The van der Waals surface area contributed by atoms with Gasteiger partial charge in [0.05, 0.1) is 5.02 Å². The van der Waals surface area contributed by atoms with Crippen LogP contribution in [-0.4, -0.2) is 12.4 Å². The predicted octanol–water partition coefficient (Wildman–Crippen LogP) is 4.22. The topological polar surface area (TPSA) is 26.3 Å². The van der Waals surface area contributed by atoms with Gasteiger partial charge in [0.25, 0.3) is 0 Å². The third-order valence-electron chi connectivity index (χ3n) is 2.89. The molecule has 0 saturated heterocycles. The number of hydrogen-bond acceptors (Lipinski definition) is 2. The summed E-state index contributed by atoms with van der Waals surface area (Å²) in [7, 11) is 0. The van der Waals surface area contributed by atoms with Crippen LogP contribution in [0.3, 0.4) is 0 Å². The average molecular weight is 275 g/mol. The predicted molar refractivity (Wildman–Crippen MR) is 77.2 cm³/mol. The summed E-state index contributed by atoms with van der Waals surface area (Å²) < 4.78 is 5.47. The molecule has 98 valence electrons. The van der Waals surface area contributed by atoms with Gasteiger partial charge < -0.3 is 4.74 Å². The van der Waals surface area contributed by atoms with Gasteiger partial charge in [-0.05, 0) is 37.6 Å². The van der Waals surface area contributed by atoms with Crippen LogP contribution >= 0.6 is 11.6 Å². The van der Waals surface area contributed by atoms with Crippen molar-refractivity contribution in [1.29, 1.82) is 0 Å². The van der Waals surface area contributed by atoms with E-state index in [1.807, 2.05) is 44.2 Å². The minimum atomic E-state index is -0.0406. The third kappa shape index (κ3) is 3.36. The van der Waals surface area contributed by atoms with Gasteiger partial charge >= 0.3 is 0 Å². The fourth-order valence-electron chi connectivity index (χ4n) is 1.82. The molecule has 0 spiro atoms. The van der Waals surface area contributed by atoms with Crippen LogP contribution in [0.5, 0.6) is 5.75 Å². The molecule has 2 nitrogen and oxygen atoms in total. The van der Waals surface area contributed by atoms with Crippen LogP contribution in [0, 0.1) is 13.8 Å². The Balaban J connectivity index is 2.10. The van der Waals surface area contributed by atoms with Crippen LogP contribution in [0.2, 0.25) is 5.02 Å². The molecule has 0 heterocycles. The highest BCUT2D eigenvalue weighted by atomic mass is 35.5. The molecule has 2 rings (SSSR count). The summed E-state index contributed by atoms with van der Waals surface area (Å²) in [5.74, 6) is 0.490. The summed E-state index contributed by atoms with van der Waals surface area (Å²) in [6.07, 6.45) is 0. The average Bonchev–Trinajstić information content (AvgIpc) is 2.40. The molecule has 0 radical (unpaired) electrons. The second-order valence-corrected chi connectivity index (χ2v) is 4.87. The van der Waals surface area contributed by atoms with E-state index in [1.54, 1.807) is 12.1 Å². The first-order chi connectivity index (χ1) is 9.08. The summed E-state index contributed by atoms with van der Waals surface area (Å²) in [6.45, 7) is 3.88. The van der Waals surface area contributed by atoms with E-state index in [0.29, 0.717) is 16.3 Å². The lowest BCUT2D eigenvalue weighted by molar-refractivity contribution is 0.0921. The molecule has 0 aliphatic rings. The van der Waals surface area contributed by atoms with Crippen molar-refractivity contribution >= 4 is 17.4 Å². The van der Waals surface area contributed by atoms with Crippen molar-refractivity contribution in [2.24, 2.45) is 0 Å². The van der Waals surface area contributed by atoms with E-state index in [1.165, 1.54) is 0 Å². The molecular formula is C16H15ClO2. The Morgan fingerprint density at radius 1 is 1.16 bits per heavy atom. The van der Waals surface area contributed by atoms with Crippen molar-refractivity contribution < 1.29 is 9.53 Å². The lowest BCUT2D eigenvalue weighted by atomic mass is 10.0.